The molecule has 7 heteroatoms. The van der Waals surface area contributed by atoms with Gasteiger partial charge in [0.2, 0.25) is 5.91 Å². The zero-order valence-electron chi connectivity index (χ0n) is 16.9. The zero-order chi connectivity index (χ0) is 21.1. The van der Waals surface area contributed by atoms with E-state index in [-0.39, 0.29) is 23.7 Å². The normalized spacial score (nSPS) is 20.8. The molecule has 3 N–H and O–H groups in total. The van der Waals surface area contributed by atoms with Crippen LogP contribution in [0.1, 0.15) is 30.5 Å². The van der Waals surface area contributed by atoms with Crippen LogP contribution in [0.15, 0.2) is 47.3 Å². The Hall–Kier alpha value is -3.19. The number of hydrogen-bond donors (Lipinski definition) is 3. The first-order chi connectivity index (χ1) is 14.5. The number of H-pyrrole nitrogens is 1. The molecule has 30 heavy (non-hydrogen) atoms. The highest BCUT2D eigenvalue weighted by molar-refractivity contribution is 5.86. The number of nitrogens with zero attached hydrogens (tertiary/aromatic N) is 1. The molecule has 156 valence electrons. The maximum atomic E-state index is 12.6. The third kappa shape index (κ3) is 4.52. The van der Waals surface area contributed by atoms with E-state index in [2.05, 4.69) is 15.3 Å². The third-order valence-corrected chi connectivity index (χ3v) is 5.48. The SMILES string of the molecule is Cc1cc(-c2cc(C3=CC(C(=O)NCC4CCCO4)CC=C3)[nH]c(=O)n2)ccc1O. The summed E-state index contributed by atoms with van der Waals surface area (Å²) < 4.78 is 5.56. The lowest BCUT2D eigenvalue weighted by molar-refractivity contribution is -0.124. The van der Waals surface area contributed by atoms with Gasteiger partial charge < -0.3 is 20.1 Å². The first-order valence-electron chi connectivity index (χ1n) is 10.2. The number of hydrogen-bond acceptors (Lipinski definition) is 5. The summed E-state index contributed by atoms with van der Waals surface area (Å²) in [6, 6.07) is 6.88. The van der Waals surface area contributed by atoms with Crippen molar-refractivity contribution in [3.05, 3.63) is 64.2 Å². The van der Waals surface area contributed by atoms with Crippen molar-refractivity contribution < 1.29 is 14.6 Å². The minimum absolute atomic E-state index is 0.0434. The number of ether oxygens (including phenoxy) is 1. The second kappa shape index (κ2) is 8.67. The van der Waals surface area contributed by atoms with Crippen molar-refractivity contribution in [1.82, 2.24) is 15.3 Å². The minimum atomic E-state index is -0.465. The number of rotatable bonds is 5. The van der Waals surface area contributed by atoms with Crippen molar-refractivity contribution in [3.8, 4) is 17.0 Å². The largest absolute Gasteiger partial charge is 0.508 e. The van der Waals surface area contributed by atoms with Crippen LogP contribution in [-0.2, 0) is 9.53 Å². The maximum Gasteiger partial charge on any atom is 0.345 e. The molecule has 1 aliphatic heterocycles. The highest BCUT2D eigenvalue weighted by Gasteiger charge is 2.22. The van der Waals surface area contributed by atoms with Crippen LogP contribution in [0.4, 0.5) is 0 Å². The Balaban J connectivity index is 1.55. The lowest BCUT2D eigenvalue weighted by Gasteiger charge is -2.18. The molecule has 0 saturated carbocycles. The van der Waals surface area contributed by atoms with Crippen LogP contribution in [0.2, 0.25) is 0 Å². The number of nitrogens with one attached hydrogen (secondary N) is 2. The lowest BCUT2D eigenvalue weighted by atomic mass is 9.93. The van der Waals surface area contributed by atoms with Crippen LogP contribution in [0.3, 0.4) is 0 Å². The van der Waals surface area contributed by atoms with Gasteiger partial charge in [0.05, 0.1) is 23.4 Å². The number of aryl methyl sites for hydroxylation is 1. The Morgan fingerprint density at radius 1 is 1.37 bits per heavy atom. The van der Waals surface area contributed by atoms with Crippen LogP contribution in [0.25, 0.3) is 16.8 Å². The fraction of sp³-hybridized carbons (Fsp3) is 0.348. The Bertz CT molecular complexity index is 1060. The number of allylic oxidation sites excluding steroid dienone is 3. The van der Waals surface area contributed by atoms with E-state index in [0.29, 0.717) is 29.9 Å². The second-order valence-electron chi connectivity index (χ2n) is 7.73. The van der Waals surface area contributed by atoms with Gasteiger partial charge >= 0.3 is 5.69 Å². The van der Waals surface area contributed by atoms with E-state index >= 15 is 0 Å². The standard InChI is InChI=1S/C23H25N3O4/c1-14-10-16(7-8-21(14)27)20-12-19(25-23(29)26-20)15-4-2-5-17(11-15)22(28)24-13-18-6-3-9-30-18/h2,4,7-8,10-12,17-18,27H,3,5-6,9,13H2,1H3,(H,24,28)(H,25,26,29). The number of carbonyl (C=O) groups excluding carboxylic acids is 1. The molecule has 7 nitrogen and oxygen atoms in total. The number of aromatic amines is 1. The quantitative estimate of drug-likeness (QED) is 0.707. The van der Waals surface area contributed by atoms with E-state index in [4.69, 9.17) is 4.74 Å². The molecule has 1 aliphatic carbocycles. The van der Waals surface area contributed by atoms with Gasteiger partial charge in [-0.05, 0) is 61.6 Å². The van der Waals surface area contributed by atoms with E-state index in [0.717, 1.165) is 30.6 Å². The number of amides is 1. The molecule has 0 spiro atoms. The fourth-order valence-electron chi connectivity index (χ4n) is 3.77. The Kier molecular flexibility index (Phi) is 5.81. The Morgan fingerprint density at radius 2 is 2.23 bits per heavy atom. The van der Waals surface area contributed by atoms with Crippen LogP contribution >= 0.6 is 0 Å². The molecule has 1 amide bonds. The number of phenolic OH excluding ortho intramolecular Hbond substituents is 1. The lowest BCUT2D eigenvalue weighted by Crippen LogP contribution is -2.36. The summed E-state index contributed by atoms with van der Waals surface area (Å²) in [5, 5.41) is 12.7. The smallest absolute Gasteiger partial charge is 0.345 e. The monoisotopic (exact) mass is 407 g/mol. The maximum absolute atomic E-state index is 12.6. The van der Waals surface area contributed by atoms with Gasteiger partial charge in [-0.15, -0.1) is 0 Å². The van der Waals surface area contributed by atoms with E-state index in [9.17, 15) is 14.7 Å². The van der Waals surface area contributed by atoms with Gasteiger partial charge in [0.15, 0.2) is 0 Å². The predicted molar refractivity (Wildman–Crippen MR) is 114 cm³/mol. The molecule has 2 aliphatic rings. The molecule has 1 fully saturated rings. The van der Waals surface area contributed by atoms with Gasteiger partial charge in [0, 0.05) is 18.7 Å². The van der Waals surface area contributed by atoms with Crippen molar-refractivity contribution in [3.63, 3.8) is 0 Å². The predicted octanol–water partition coefficient (Wildman–Crippen LogP) is 2.71. The first-order valence-corrected chi connectivity index (χ1v) is 10.2. The second-order valence-corrected chi connectivity index (χ2v) is 7.73. The summed E-state index contributed by atoms with van der Waals surface area (Å²) in [5.74, 6) is -0.154. The average molecular weight is 407 g/mol. The summed E-state index contributed by atoms with van der Waals surface area (Å²) >= 11 is 0. The number of aromatic nitrogens is 2. The van der Waals surface area contributed by atoms with Crippen LogP contribution in [-0.4, -0.2) is 40.2 Å². The van der Waals surface area contributed by atoms with Crippen LogP contribution in [0.5, 0.6) is 5.75 Å². The van der Waals surface area contributed by atoms with Gasteiger partial charge in [-0.1, -0.05) is 18.2 Å². The number of aromatic hydroxyl groups is 1. The van der Waals surface area contributed by atoms with E-state index in [1.165, 1.54) is 0 Å². The third-order valence-electron chi connectivity index (χ3n) is 5.48. The number of carbonyl (C=O) groups is 1. The molecule has 2 aromatic rings. The molecular weight excluding hydrogens is 382 g/mol. The highest BCUT2D eigenvalue weighted by Crippen LogP contribution is 2.27. The summed E-state index contributed by atoms with van der Waals surface area (Å²) in [7, 11) is 0. The van der Waals surface area contributed by atoms with E-state index in [1.807, 2.05) is 18.2 Å². The van der Waals surface area contributed by atoms with Crippen molar-refractivity contribution in [2.24, 2.45) is 5.92 Å². The molecule has 1 aromatic heterocycles. The van der Waals surface area contributed by atoms with E-state index in [1.54, 1.807) is 31.2 Å². The van der Waals surface area contributed by atoms with Crippen molar-refractivity contribution >= 4 is 11.5 Å². The number of benzene rings is 1. The highest BCUT2D eigenvalue weighted by atomic mass is 16.5. The summed E-state index contributed by atoms with van der Waals surface area (Å²) in [6.45, 7) is 3.08. The Labute approximate surface area is 174 Å². The molecular formula is C23H25N3O4. The van der Waals surface area contributed by atoms with Crippen molar-refractivity contribution in [1.29, 1.82) is 0 Å². The molecule has 1 saturated heterocycles. The molecule has 2 heterocycles. The van der Waals surface area contributed by atoms with Gasteiger partial charge in [-0.2, -0.15) is 4.98 Å². The summed E-state index contributed by atoms with van der Waals surface area (Å²) in [4.78, 5) is 31.6. The zero-order valence-corrected chi connectivity index (χ0v) is 16.9. The minimum Gasteiger partial charge on any atom is -0.508 e. The fourth-order valence-corrected chi connectivity index (χ4v) is 3.77. The van der Waals surface area contributed by atoms with Gasteiger partial charge in [0.25, 0.3) is 0 Å². The molecule has 0 radical (unpaired) electrons. The average Bonchev–Trinajstić information content (AvgIpc) is 3.27. The van der Waals surface area contributed by atoms with Crippen LogP contribution in [0, 0.1) is 12.8 Å². The van der Waals surface area contributed by atoms with Crippen molar-refractivity contribution in [2.75, 3.05) is 13.2 Å². The molecule has 2 unspecified atom stereocenters. The van der Waals surface area contributed by atoms with E-state index < -0.39 is 5.69 Å². The molecule has 2 atom stereocenters. The topological polar surface area (TPSA) is 104 Å². The van der Waals surface area contributed by atoms with Gasteiger partial charge in [-0.3, -0.25) is 4.79 Å². The first kappa shape index (κ1) is 20.1. The molecule has 1 aromatic carbocycles. The summed E-state index contributed by atoms with van der Waals surface area (Å²) in [5.41, 5.74) is 2.86. The molecule has 4 rings (SSSR count). The number of phenols is 1. The van der Waals surface area contributed by atoms with Crippen molar-refractivity contribution in [2.45, 2.75) is 32.3 Å². The van der Waals surface area contributed by atoms with Gasteiger partial charge in [0.1, 0.15) is 5.75 Å². The molecule has 0 bridgehead atoms. The summed E-state index contributed by atoms with van der Waals surface area (Å²) in [6.07, 6.45) is 8.45. The Morgan fingerprint density at radius 3 is 3.00 bits per heavy atom. The van der Waals surface area contributed by atoms with Crippen LogP contribution < -0.4 is 11.0 Å². The van der Waals surface area contributed by atoms with Gasteiger partial charge in [-0.25, -0.2) is 4.79 Å².